The lowest BCUT2D eigenvalue weighted by Crippen LogP contribution is -2.20. The van der Waals surface area contributed by atoms with E-state index < -0.39 is 0 Å². The van der Waals surface area contributed by atoms with Gasteiger partial charge in [0.1, 0.15) is 5.75 Å². The van der Waals surface area contributed by atoms with Gasteiger partial charge >= 0.3 is 0 Å². The third-order valence-electron chi connectivity index (χ3n) is 2.92. The molecule has 0 heterocycles. The molecule has 108 valence electrons. The molecule has 1 amide bonds. The predicted molar refractivity (Wildman–Crippen MR) is 88.0 cm³/mol. The summed E-state index contributed by atoms with van der Waals surface area (Å²) in [5, 5.41) is 2.84. The molecule has 21 heavy (non-hydrogen) atoms. The normalized spacial score (nSPS) is 10.6. The molecular formula is C17H16BrNO2. The van der Waals surface area contributed by atoms with Crippen molar-refractivity contribution >= 4 is 27.9 Å². The van der Waals surface area contributed by atoms with Crippen LogP contribution in [0.5, 0.6) is 5.75 Å². The van der Waals surface area contributed by atoms with Crippen molar-refractivity contribution in [2.45, 2.75) is 6.54 Å². The molecule has 3 nitrogen and oxygen atoms in total. The van der Waals surface area contributed by atoms with Crippen LogP contribution in [-0.4, -0.2) is 13.0 Å². The molecular weight excluding hydrogens is 330 g/mol. The second-order valence-corrected chi connectivity index (χ2v) is 5.34. The fraction of sp³-hybridized carbons (Fsp3) is 0.118. The summed E-state index contributed by atoms with van der Waals surface area (Å²) >= 11 is 3.40. The quantitative estimate of drug-likeness (QED) is 0.837. The first-order valence-corrected chi connectivity index (χ1v) is 7.31. The van der Waals surface area contributed by atoms with Gasteiger partial charge in [-0.3, -0.25) is 4.79 Å². The first-order chi connectivity index (χ1) is 10.2. The summed E-state index contributed by atoms with van der Waals surface area (Å²) in [6.45, 7) is 0.514. The third-order valence-corrected chi connectivity index (χ3v) is 3.41. The van der Waals surface area contributed by atoms with Gasteiger partial charge in [-0.05, 0) is 29.8 Å². The standard InChI is InChI=1S/C17H16BrNO2/c1-21-16-9-8-15(18)11-14(16)7-10-17(20)19-12-13-5-3-2-4-6-13/h2-11H,12H2,1H3,(H,19,20)/b10-7+. The maximum Gasteiger partial charge on any atom is 0.244 e. The Morgan fingerprint density at radius 1 is 1.24 bits per heavy atom. The van der Waals surface area contributed by atoms with Crippen LogP contribution in [0.2, 0.25) is 0 Å². The smallest absolute Gasteiger partial charge is 0.244 e. The summed E-state index contributed by atoms with van der Waals surface area (Å²) in [7, 11) is 1.61. The minimum Gasteiger partial charge on any atom is -0.496 e. The van der Waals surface area contributed by atoms with Gasteiger partial charge in [-0.15, -0.1) is 0 Å². The molecule has 0 radical (unpaired) electrons. The van der Waals surface area contributed by atoms with Crippen molar-refractivity contribution in [1.29, 1.82) is 0 Å². The zero-order valence-electron chi connectivity index (χ0n) is 11.7. The molecule has 1 N–H and O–H groups in total. The Morgan fingerprint density at radius 3 is 2.71 bits per heavy atom. The SMILES string of the molecule is COc1ccc(Br)cc1/C=C/C(=O)NCc1ccccc1. The van der Waals surface area contributed by atoms with Gasteiger partial charge < -0.3 is 10.1 Å². The van der Waals surface area contributed by atoms with E-state index in [0.29, 0.717) is 6.54 Å². The number of hydrogen-bond donors (Lipinski definition) is 1. The van der Waals surface area contributed by atoms with Gasteiger partial charge in [0.05, 0.1) is 7.11 Å². The minimum absolute atomic E-state index is 0.138. The number of halogens is 1. The van der Waals surface area contributed by atoms with Crippen LogP contribution in [0, 0.1) is 0 Å². The number of nitrogens with one attached hydrogen (secondary N) is 1. The van der Waals surface area contributed by atoms with Crippen LogP contribution in [0.25, 0.3) is 6.08 Å². The van der Waals surface area contributed by atoms with Crippen LogP contribution in [-0.2, 0) is 11.3 Å². The minimum atomic E-state index is -0.138. The molecule has 0 aromatic heterocycles. The van der Waals surface area contributed by atoms with Gasteiger partial charge in [-0.25, -0.2) is 0 Å². The topological polar surface area (TPSA) is 38.3 Å². The third kappa shape index (κ3) is 4.76. The van der Waals surface area contributed by atoms with Gasteiger partial charge in [0.15, 0.2) is 0 Å². The summed E-state index contributed by atoms with van der Waals surface area (Å²) in [5.74, 6) is 0.589. The second-order valence-electron chi connectivity index (χ2n) is 4.42. The van der Waals surface area contributed by atoms with E-state index in [-0.39, 0.29) is 5.91 Å². The molecule has 2 aromatic carbocycles. The zero-order valence-corrected chi connectivity index (χ0v) is 13.3. The molecule has 0 atom stereocenters. The Bertz CT molecular complexity index is 638. The summed E-state index contributed by atoms with van der Waals surface area (Å²) in [4.78, 5) is 11.8. The van der Waals surface area contributed by atoms with E-state index in [1.165, 1.54) is 6.08 Å². The van der Waals surface area contributed by atoms with Gasteiger partial charge in [-0.2, -0.15) is 0 Å². The maximum atomic E-state index is 11.8. The van der Waals surface area contributed by atoms with E-state index in [1.807, 2.05) is 48.5 Å². The Balaban J connectivity index is 1.97. The average Bonchev–Trinajstić information content (AvgIpc) is 2.52. The van der Waals surface area contributed by atoms with Crippen LogP contribution in [0.4, 0.5) is 0 Å². The lowest BCUT2D eigenvalue weighted by Gasteiger charge is -2.05. The number of rotatable bonds is 5. The molecule has 2 aromatic rings. The van der Waals surface area contributed by atoms with Crippen molar-refractivity contribution in [1.82, 2.24) is 5.32 Å². The Labute approximate surface area is 132 Å². The van der Waals surface area contributed by atoms with Crippen molar-refractivity contribution in [2.24, 2.45) is 0 Å². The van der Waals surface area contributed by atoms with Crippen molar-refractivity contribution in [3.63, 3.8) is 0 Å². The van der Waals surface area contributed by atoms with Crippen LogP contribution in [0.1, 0.15) is 11.1 Å². The fourth-order valence-electron chi connectivity index (χ4n) is 1.84. The highest BCUT2D eigenvalue weighted by molar-refractivity contribution is 9.10. The molecule has 0 saturated heterocycles. The molecule has 0 fully saturated rings. The lowest BCUT2D eigenvalue weighted by molar-refractivity contribution is -0.116. The molecule has 4 heteroatoms. The van der Waals surface area contributed by atoms with Gasteiger partial charge in [0, 0.05) is 22.7 Å². The summed E-state index contributed by atoms with van der Waals surface area (Å²) < 4.78 is 6.20. The second kappa shape index (κ2) is 7.64. The molecule has 0 unspecified atom stereocenters. The number of hydrogen-bond acceptors (Lipinski definition) is 2. The van der Waals surface area contributed by atoms with E-state index in [0.717, 1.165) is 21.3 Å². The maximum absolute atomic E-state index is 11.8. The highest BCUT2D eigenvalue weighted by atomic mass is 79.9. The fourth-order valence-corrected chi connectivity index (χ4v) is 2.22. The summed E-state index contributed by atoms with van der Waals surface area (Å²) in [5.41, 5.74) is 1.92. The number of amides is 1. The predicted octanol–water partition coefficient (Wildman–Crippen LogP) is 3.79. The largest absolute Gasteiger partial charge is 0.496 e. The summed E-state index contributed by atoms with van der Waals surface area (Å²) in [6, 6.07) is 15.4. The van der Waals surface area contributed by atoms with Crippen molar-refractivity contribution in [3.05, 3.63) is 70.2 Å². The van der Waals surface area contributed by atoms with Crippen LogP contribution in [0.15, 0.2) is 59.1 Å². The Hall–Kier alpha value is -2.07. The van der Waals surface area contributed by atoms with E-state index in [4.69, 9.17) is 4.74 Å². The number of carbonyl (C=O) groups excluding carboxylic acids is 1. The molecule has 0 spiro atoms. The number of methoxy groups -OCH3 is 1. The molecule has 0 aliphatic carbocycles. The molecule has 0 aliphatic heterocycles. The van der Waals surface area contributed by atoms with Gasteiger partial charge in [-0.1, -0.05) is 46.3 Å². The first-order valence-electron chi connectivity index (χ1n) is 6.52. The first kappa shape index (κ1) is 15.3. The van der Waals surface area contributed by atoms with Crippen LogP contribution in [0.3, 0.4) is 0 Å². The van der Waals surface area contributed by atoms with Crippen molar-refractivity contribution in [2.75, 3.05) is 7.11 Å². The van der Waals surface area contributed by atoms with Crippen molar-refractivity contribution < 1.29 is 9.53 Å². The van der Waals surface area contributed by atoms with E-state index >= 15 is 0 Å². The van der Waals surface area contributed by atoms with Crippen LogP contribution >= 0.6 is 15.9 Å². The van der Waals surface area contributed by atoms with E-state index in [1.54, 1.807) is 13.2 Å². The van der Waals surface area contributed by atoms with Gasteiger partial charge in [0.2, 0.25) is 5.91 Å². The zero-order chi connectivity index (χ0) is 15.1. The van der Waals surface area contributed by atoms with E-state index in [2.05, 4.69) is 21.2 Å². The lowest BCUT2D eigenvalue weighted by atomic mass is 10.2. The Morgan fingerprint density at radius 2 is 2.00 bits per heavy atom. The molecule has 0 aliphatic rings. The summed E-state index contributed by atoms with van der Waals surface area (Å²) in [6.07, 6.45) is 3.25. The number of benzene rings is 2. The number of ether oxygens (including phenoxy) is 1. The molecule has 2 rings (SSSR count). The molecule has 0 saturated carbocycles. The van der Waals surface area contributed by atoms with Crippen molar-refractivity contribution in [3.8, 4) is 5.75 Å². The molecule has 0 bridgehead atoms. The number of carbonyl (C=O) groups is 1. The van der Waals surface area contributed by atoms with Crippen LogP contribution < -0.4 is 10.1 Å². The van der Waals surface area contributed by atoms with E-state index in [9.17, 15) is 4.79 Å². The monoisotopic (exact) mass is 345 g/mol. The highest BCUT2D eigenvalue weighted by Gasteiger charge is 2.01. The van der Waals surface area contributed by atoms with Gasteiger partial charge in [0.25, 0.3) is 0 Å². The Kier molecular flexibility index (Phi) is 5.58. The average molecular weight is 346 g/mol. The highest BCUT2D eigenvalue weighted by Crippen LogP contribution is 2.23.